The van der Waals surface area contributed by atoms with Crippen LogP contribution in [0.25, 0.3) is 0 Å². The van der Waals surface area contributed by atoms with Crippen LogP contribution in [-0.2, 0) is 16.1 Å². The number of thioether (sulfide) groups is 1. The molecule has 1 unspecified atom stereocenters. The summed E-state index contributed by atoms with van der Waals surface area (Å²) in [5.41, 5.74) is 0. The molecule has 150 valence electrons. The highest BCUT2D eigenvalue weighted by molar-refractivity contribution is 7.99. The fourth-order valence-corrected chi connectivity index (χ4v) is 3.50. The third-order valence-corrected chi connectivity index (χ3v) is 5.00. The summed E-state index contributed by atoms with van der Waals surface area (Å²) in [4.78, 5) is 12.0. The van der Waals surface area contributed by atoms with Gasteiger partial charge in [-0.15, -0.1) is 16.8 Å². The first-order chi connectivity index (χ1) is 13.7. The lowest BCUT2D eigenvalue weighted by atomic mass is 10.2. The predicted octanol–water partition coefficient (Wildman–Crippen LogP) is 2.22. The fourth-order valence-electron chi connectivity index (χ4n) is 2.72. The van der Waals surface area contributed by atoms with Gasteiger partial charge in [-0.05, 0) is 18.6 Å². The summed E-state index contributed by atoms with van der Waals surface area (Å²) in [6.45, 7) is 5.87. The Hall–Kier alpha value is -2.52. The number of benzene rings is 1. The van der Waals surface area contributed by atoms with Gasteiger partial charge in [0, 0.05) is 26.8 Å². The molecule has 0 radical (unpaired) electrons. The van der Waals surface area contributed by atoms with Crippen molar-refractivity contribution in [1.82, 2.24) is 20.1 Å². The van der Waals surface area contributed by atoms with Gasteiger partial charge in [0.25, 0.3) is 0 Å². The van der Waals surface area contributed by atoms with E-state index in [4.69, 9.17) is 14.2 Å². The number of nitrogens with zero attached hydrogens (tertiary/aromatic N) is 3. The van der Waals surface area contributed by atoms with Gasteiger partial charge in [0.1, 0.15) is 6.61 Å². The quantitative estimate of drug-likeness (QED) is 0.369. The van der Waals surface area contributed by atoms with Gasteiger partial charge in [-0.25, -0.2) is 0 Å². The minimum absolute atomic E-state index is 0.0537. The number of rotatable bonds is 10. The van der Waals surface area contributed by atoms with Crippen molar-refractivity contribution in [2.24, 2.45) is 0 Å². The molecule has 9 heteroatoms. The zero-order valence-corrected chi connectivity index (χ0v) is 16.6. The zero-order valence-electron chi connectivity index (χ0n) is 15.8. The number of ether oxygens (including phenoxy) is 3. The molecule has 2 aromatic rings. The molecule has 28 heavy (non-hydrogen) atoms. The molecule has 0 aliphatic carbocycles. The molecule has 1 aliphatic rings. The van der Waals surface area contributed by atoms with Crippen molar-refractivity contribution in [3.8, 4) is 11.5 Å². The highest BCUT2D eigenvalue weighted by atomic mass is 32.2. The van der Waals surface area contributed by atoms with Crippen LogP contribution >= 0.6 is 11.8 Å². The molecule has 0 bridgehead atoms. The van der Waals surface area contributed by atoms with E-state index in [9.17, 15) is 4.79 Å². The third kappa shape index (κ3) is 5.05. The van der Waals surface area contributed by atoms with E-state index in [1.165, 1.54) is 11.8 Å². The number of fused-ring (bicyclic) bond motifs is 1. The molecule has 0 saturated carbocycles. The van der Waals surface area contributed by atoms with Crippen LogP contribution in [0, 0.1) is 0 Å². The van der Waals surface area contributed by atoms with Crippen LogP contribution in [0.4, 0.5) is 0 Å². The van der Waals surface area contributed by atoms with Crippen molar-refractivity contribution in [1.29, 1.82) is 0 Å². The third-order valence-electron chi connectivity index (χ3n) is 4.03. The van der Waals surface area contributed by atoms with Crippen LogP contribution in [0.5, 0.6) is 11.5 Å². The number of nitrogens with one attached hydrogen (secondary N) is 1. The Balaban J connectivity index is 1.64. The van der Waals surface area contributed by atoms with Crippen LogP contribution in [0.15, 0.2) is 42.1 Å². The summed E-state index contributed by atoms with van der Waals surface area (Å²) in [6, 6.07) is 7.52. The van der Waals surface area contributed by atoms with Gasteiger partial charge < -0.3 is 19.5 Å². The number of carbonyl (C=O) groups is 1. The molecule has 0 spiro atoms. The average Bonchev–Trinajstić information content (AvgIpc) is 3.12. The number of aromatic nitrogens is 3. The number of carbonyl (C=O) groups excluding carboxylic acids is 1. The van der Waals surface area contributed by atoms with Crippen LogP contribution in [0.2, 0.25) is 0 Å². The van der Waals surface area contributed by atoms with Gasteiger partial charge in [0.2, 0.25) is 5.91 Å². The van der Waals surface area contributed by atoms with Gasteiger partial charge in [-0.1, -0.05) is 30.0 Å². The first kappa shape index (κ1) is 20.2. The lowest BCUT2D eigenvalue weighted by molar-refractivity contribution is -0.118. The molecule has 1 atom stereocenters. The number of methoxy groups -OCH3 is 1. The van der Waals surface area contributed by atoms with Crippen LogP contribution in [0.3, 0.4) is 0 Å². The van der Waals surface area contributed by atoms with E-state index in [0.29, 0.717) is 48.8 Å². The number of amides is 1. The van der Waals surface area contributed by atoms with Crippen molar-refractivity contribution >= 4 is 17.7 Å². The Kier molecular flexibility index (Phi) is 7.32. The van der Waals surface area contributed by atoms with Gasteiger partial charge >= 0.3 is 0 Å². The molecule has 1 aromatic carbocycles. The minimum Gasteiger partial charge on any atom is -0.485 e. The van der Waals surface area contributed by atoms with Crippen molar-refractivity contribution in [2.45, 2.75) is 24.2 Å². The van der Waals surface area contributed by atoms with E-state index in [1.807, 2.05) is 28.8 Å². The molecule has 1 amide bonds. The van der Waals surface area contributed by atoms with E-state index in [0.717, 1.165) is 6.42 Å². The van der Waals surface area contributed by atoms with E-state index in [-0.39, 0.29) is 17.8 Å². The first-order valence-corrected chi connectivity index (χ1v) is 10.0. The number of hydrogen-bond donors (Lipinski definition) is 1. The van der Waals surface area contributed by atoms with Crippen LogP contribution in [0.1, 0.15) is 18.3 Å². The normalized spacial score (nSPS) is 15.2. The van der Waals surface area contributed by atoms with E-state index < -0.39 is 0 Å². The monoisotopic (exact) mass is 404 g/mol. The molecular formula is C19H24N4O4S. The van der Waals surface area contributed by atoms with E-state index in [2.05, 4.69) is 22.1 Å². The Labute approximate surface area is 168 Å². The SMILES string of the molecule is C=CCn1c(SCC(=O)NCCCOC)nnc1C1COc2ccccc2O1. The second kappa shape index (κ2) is 10.1. The Morgan fingerprint density at radius 1 is 1.43 bits per heavy atom. The van der Waals surface area contributed by atoms with Crippen LogP contribution in [-0.4, -0.2) is 53.3 Å². The molecule has 1 aliphatic heterocycles. The van der Waals surface area contributed by atoms with Crippen molar-refractivity contribution in [2.75, 3.05) is 32.6 Å². The predicted molar refractivity (Wildman–Crippen MR) is 106 cm³/mol. The lowest BCUT2D eigenvalue weighted by Crippen LogP contribution is -2.27. The van der Waals surface area contributed by atoms with Gasteiger partial charge in [-0.2, -0.15) is 0 Å². The Morgan fingerprint density at radius 2 is 2.25 bits per heavy atom. The maximum Gasteiger partial charge on any atom is 0.230 e. The molecule has 2 heterocycles. The summed E-state index contributed by atoms with van der Waals surface area (Å²) in [7, 11) is 1.64. The zero-order chi connectivity index (χ0) is 19.8. The van der Waals surface area contributed by atoms with E-state index >= 15 is 0 Å². The van der Waals surface area contributed by atoms with Crippen LogP contribution < -0.4 is 14.8 Å². The molecule has 0 saturated heterocycles. The van der Waals surface area contributed by atoms with Gasteiger partial charge in [0.05, 0.1) is 5.75 Å². The highest BCUT2D eigenvalue weighted by Gasteiger charge is 2.28. The maximum atomic E-state index is 12.0. The largest absolute Gasteiger partial charge is 0.485 e. The Morgan fingerprint density at radius 3 is 3.04 bits per heavy atom. The summed E-state index contributed by atoms with van der Waals surface area (Å²) in [6.07, 6.45) is 2.17. The summed E-state index contributed by atoms with van der Waals surface area (Å²) >= 11 is 1.33. The second-order valence-corrected chi connectivity index (χ2v) is 7.03. The standard InChI is InChI=1S/C19H24N4O4S/c1-3-10-23-18(16-12-26-14-7-4-5-8-15(14)27-16)21-22-19(23)28-13-17(24)20-9-6-11-25-2/h3-5,7-8,16H,1,6,9-13H2,2H3,(H,20,24). The molecular weight excluding hydrogens is 380 g/mol. The van der Waals surface area contributed by atoms with E-state index in [1.54, 1.807) is 13.2 Å². The molecule has 3 rings (SSSR count). The maximum absolute atomic E-state index is 12.0. The summed E-state index contributed by atoms with van der Waals surface area (Å²) < 4.78 is 18.7. The number of hydrogen-bond acceptors (Lipinski definition) is 7. The summed E-state index contributed by atoms with van der Waals surface area (Å²) in [5.74, 6) is 2.25. The van der Waals surface area contributed by atoms with Crippen molar-refractivity contribution in [3.05, 3.63) is 42.7 Å². The Bertz CT molecular complexity index is 811. The topological polar surface area (TPSA) is 87.5 Å². The first-order valence-electron chi connectivity index (χ1n) is 9.04. The average molecular weight is 404 g/mol. The van der Waals surface area contributed by atoms with Crippen molar-refractivity contribution < 1.29 is 19.0 Å². The number of para-hydroxylation sites is 2. The van der Waals surface area contributed by atoms with Gasteiger partial charge in [0.15, 0.2) is 28.6 Å². The van der Waals surface area contributed by atoms with Gasteiger partial charge in [-0.3, -0.25) is 9.36 Å². The lowest BCUT2D eigenvalue weighted by Gasteiger charge is -2.26. The number of allylic oxidation sites excluding steroid dienone is 1. The smallest absolute Gasteiger partial charge is 0.230 e. The second-order valence-electron chi connectivity index (χ2n) is 6.09. The highest BCUT2D eigenvalue weighted by Crippen LogP contribution is 2.36. The van der Waals surface area contributed by atoms with Crippen molar-refractivity contribution in [3.63, 3.8) is 0 Å². The molecule has 1 aromatic heterocycles. The molecule has 0 fully saturated rings. The molecule has 8 nitrogen and oxygen atoms in total. The summed E-state index contributed by atoms with van der Waals surface area (Å²) in [5, 5.41) is 12.0. The molecule has 1 N–H and O–H groups in total. The fraction of sp³-hybridized carbons (Fsp3) is 0.421. The minimum atomic E-state index is -0.375.